The van der Waals surface area contributed by atoms with Crippen molar-refractivity contribution in [2.75, 3.05) is 31.8 Å². The van der Waals surface area contributed by atoms with Gasteiger partial charge in [-0.3, -0.25) is 0 Å². The molecule has 0 aliphatic carbocycles. The molecule has 0 aliphatic heterocycles. The van der Waals surface area contributed by atoms with E-state index in [1.54, 1.807) is 44.2 Å². The van der Waals surface area contributed by atoms with E-state index >= 15 is 0 Å². The number of urea groups is 1. The first-order chi connectivity index (χ1) is 18.1. The number of amides is 2. The molecule has 0 atom stereocenters. The minimum absolute atomic E-state index is 0.277. The monoisotopic (exact) mass is 516 g/mol. The molecule has 1 heterocycles. The second-order valence-electron chi connectivity index (χ2n) is 8.22. The highest BCUT2D eigenvalue weighted by atomic mass is 32.2. The molecule has 4 aromatic rings. The number of anilines is 1. The largest absolute Gasteiger partial charge is 0.497 e. The van der Waals surface area contributed by atoms with E-state index in [4.69, 9.17) is 14.5 Å². The molecule has 37 heavy (non-hydrogen) atoms. The van der Waals surface area contributed by atoms with Crippen molar-refractivity contribution in [1.29, 1.82) is 0 Å². The van der Waals surface area contributed by atoms with Crippen LogP contribution < -0.4 is 20.1 Å². The predicted octanol–water partition coefficient (Wildman–Crippen LogP) is 6.56. The number of benzene rings is 3. The fourth-order valence-electron chi connectivity index (χ4n) is 4.03. The van der Waals surface area contributed by atoms with Crippen LogP contribution in [0.15, 0.2) is 84.0 Å². The zero-order chi connectivity index (χ0) is 26.0. The molecule has 0 unspecified atom stereocenters. The van der Waals surface area contributed by atoms with Crippen molar-refractivity contribution in [3.63, 3.8) is 0 Å². The fraction of sp³-hybridized carbons (Fsp3) is 0.241. The number of rotatable bonds is 11. The number of methoxy groups -OCH3 is 2. The maximum atomic E-state index is 12.4. The summed E-state index contributed by atoms with van der Waals surface area (Å²) in [7, 11) is 3.15. The lowest BCUT2D eigenvalue weighted by Crippen LogP contribution is -2.29. The van der Waals surface area contributed by atoms with E-state index in [0.29, 0.717) is 23.7 Å². The summed E-state index contributed by atoms with van der Waals surface area (Å²) >= 11 is 1.71. The van der Waals surface area contributed by atoms with Crippen molar-refractivity contribution in [3.05, 3.63) is 78.9 Å². The summed E-state index contributed by atoms with van der Waals surface area (Å²) in [6.45, 7) is 3.50. The van der Waals surface area contributed by atoms with Gasteiger partial charge in [0.05, 0.1) is 31.3 Å². The van der Waals surface area contributed by atoms with Gasteiger partial charge in [0.1, 0.15) is 11.5 Å². The molecule has 0 saturated carbocycles. The molecule has 2 N–H and O–H groups in total. The van der Waals surface area contributed by atoms with Gasteiger partial charge in [0.25, 0.3) is 0 Å². The van der Waals surface area contributed by atoms with Crippen LogP contribution in [0.5, 0.6) is 11.5 Å². The van der Waals surface area contributed by atoms with Crippen molar-refractivity contribution in [3.8, 4) is 34.0 Å². The minimum Gasteiger partial charge on any atom is -0.497 e. The van der Waals surface area contributed by atoms with Crippen LogP contribution in [-0.4, -0.2) is 42.1 Å². The fourth-order valence-corrected chi connectivity index (χ4v) is 5.03. The molecule has 1 aromatic heterocycles. The Morgan fingerprint density at radius 2 is 1.65 bits per heavy atom. The van der Waals surface area contributed by atoms with Gasteiger partial charge in [-0.05, 0) is 25.5 Å². The summed E-state index contributed by atoms with van der Waals surface area (Å²) in [5, 5.41) is 6.73. The zero-order valence-electron chi connectivity index (χ0n) is 21.4. The maximum absolute atomic E-state index is 12.4. The Labute approximate surface area is 222 Å². The van der Waals surface area contributed by atoms with E-state index < -0.39 is 0 Å². The molecular formula is C29H32N4O3S. The van der Waals surface area contributed by atoms with Gasteiger partial charge in [0.15, 0.2) is 5.16 Å². The van der Waals surface area contributed by atoms with Crippen molar-refractivity contribution in [1.82, 2.24) is 14.9 Å². The Kier molecular flexibility index (Phi) is 9.10. The number of thioether (sulfide) groups is 1. The Bertz CT molecular complexity index is 1310. The Hall–Kier alpha value is -3.91. The summed E-state index contributed by atoms with van der Waals surface area (Å²) in [5.74, 6) is 2.03. The third-order valence-electron chi connectivity index (χ3n) is 5.84. The second-order valence-corrected chi connectivity index (χ2v) is 9.28. The summed E-state index contributed by atoms with van der Waals surface area (Å²) in [6.07, 6.45) is 0.801. The van der Waals surface area contributed by atoms with Gasteiger partial charge >= 0.3 is 6.03 Å². The smallest absolute Gasteiger partial charge is 0.319 e. The SMILES string of the molecule is CCn1c(SCCCNC(=O)Nc2ccc(OC)cc2OC)nc(-c2ccccc2)c1-c1ccccc1. The van der Waals surface area contributed by atoms with E-state index in [2.05, 4.69) is 58.5 Å². The molecule has 0 aliphatic rings. The Morgan fingerprint density at radius 3 is 2.30 bits per heavy atom. The lowest BCUT2D eigenvalue weighted by atomic mass is 10.0. The Balaban J connectivity index is 1.39. The number of nitrogens with one attached hydrogen (secondary N) is 2. The third-order valence-corrected chi connectivity index (χ3v) is 6.90. The quantitative estimate of drug-likeness (QED) is 0.174. The van der Waals surface area contributed by atoms with Crippen molar-refractivity contribution >= 4 is 23.5 Å². The first-order valence-electron chi connectivity index (χ1n) is 12.3. The topological polar surface area (TPSA) is 77.4 Å². The van der Waals surface area contributed by atoms with Gasteiger partial charge in [0, 0.05) is 36.0 Å². The van der Waals surface area contributed by atoms with E-state index in [-0.39, 0.29) is 6.03 Å². The van der Waals surface area contributed by atoms with Crippen molar-refractivity contribution in [2.24, 2.45) is 0 Å². The Morgan fingerprint density at radius 1 is 0.946 bits per heavy atom. The van der Waals surface area contributed by atoms with E-state index in [0.717, 1.165) is 46.4 Å². The minimum atomic E-state index is -0.277. The van der Waals surface area contributed by atoms with Crippen LogP contribution in [0.3, 0.4) is 0 Å². The molecular weight excluding hydrogens is 484 g/mol. The van der Waals surface area contributed by atoms with E-state index in [9.17, 15) is 4.79 Å². The van der Waals surface area contributed by atoms with Gasteiger partial charge in [-0.1, -0.05) is 72.4 Å². The molecule has 0 saturated heterocycles. The predicted molar refractivity (Wildman–Crippen MR) is 151 cm³/mol. The highest BCUT2D eigenvalue weighted by Gasteiger charge is 2.19. The molecule has 0 fully saturated rings. The number of carbonyl (C=O) groups is 1. The summed E-state index contributed by atoms with van der Waals surface area (Å²) < 4.78 is 12.8. The van der Waals surface area contributed by atoms with Crippen molar-refractivity contribution < 1.29 is 14.3 Å². The summed E-state index contributed by atoms with van der Waals surface area (Å²) in [4.78, 5) is 17.4. The molecule has 7 nitrogen and oxygen atoms in total. The number of nitrogens with zero attached hydrogens (tertiary/aromatic N) is 2. The van der Waals surface area contributed by atoms with Gasteiger partial charge < -0.3 is 24.7 Å². The molecule has 3 aromatic carbocycles. The first-order valence-corrected chi connectivity index (χ1v) is 13.2. The molecule has 4 rings (SSSR count). The lowest BCUT2D eigenvalue weighted by Gasteiger charge is -2.12. The molecule has 2 amide bonds. The normalized spacial score (nSPS) is 10.7. The molecule has 0 bridgehead atoms. The summed E-state index contributed by atoms with van der Waals surface area (Å²) in [5.41, 5.74) is 4.95. The number of carbonyl (C=O) groups excluding carboxylic acids is 1. The standard InChI is InChI=1S/C29H32N4O3S/c1-4-33-27(22-14-9-6-10-15-22)26(21-12-7-5-8-13-21)32-29(33)37-19-11-18-30-28(34)31-24-17-16-23(35-2)20-25(24)36-3/h5-10,12-17,20H,4,11,18-19H2,1-3H3,(H2,30,31,34). The van der Waals surface area contributed by atoms with E-state index in [1.165, 1.54) is 0 Å². The van der Waals surface area contributed by atoms with Crippen LogP contribution in [0, 0.1) is 0 Å². The second kappa shape index (κ2) is 12.9. The van der Waals surface area contributed by atoms with E-state index in [1.807, 2.05) is 24.3 Å². The first kappa shape index (κ1) is 26.2. The van der Waals surface area contributed by atoms with Crippen LogP contribution in [-0.2, 0) is 6.54 Å². The number of imidazole rings is 1. The number of hydrogen-bond donors (Lipinski definition) is 2. The highest BCUT2D eigenvalue weighted by Crippen LogP contribution is 2.36. The van der Waals surface area contributed by atoms with Crippen LogP contribution in [0.2, 0.25) is 0 Å². The molecule has 8 heteroatoms. The van der Waals surface area contributed by atoms with Gasteiger partial charge in [-0.25, -0.2) is 9.78 Å². The van der Waals surface area contributed by atoms with Crippen LogP contribution >= 0.6 is 11.8 Å². The zero-order valence-corrected chi connectivity index (χ0v) is 22.2. The maximum Gasteiger partial charge on any atom is 0.319 e. The summed E-state index contributed by atoms with van der Waals surface area (Å²) in [6, 6.07) is 25.7. The average Bonchev–Trinajstić information content (AvgIpc) is 3.32. The lowest BCUT2D eigenvalue weighted by molar-refractivity contribution is 0.252. The van der Waals surface area contributed by atoms with Gasteiger partial charge in [-0.15, -0.1) is 0 Å². The van der Waals surface area contributed by atoms with Crippen LogP contribution in [0.4, 0.5) is 10.5 Å². The number of aromatic nitrogens is 2. The number of ether oxygens (including phenoxy) is 2. The molecule has 0 spiro atoms. The van der Waals surface area contributed by atoms with Crippen LogP contribution in [0.25, 0.3) is 22.5 Å². The number of hydrogen-bond acceptors (Lipinski definition) is 5. The van der Waals surface area contributed by atoms with Gasteiger partial charge in [0.2, 0.25) is 0 Å². The molecule has 0 radical (unpaired) electrons. The third kappa shape index (κ3) is 6.46. The average molecular weight is 517 g/mol. The highest BCUT2D eigenvalue weighted by molar-refractivity contribution is 7.99. The molecule has 192 valence electrons. The van der Waals surface area contributed by atoms with Gasteiger partial charge in [-0.2, -0.15) is 0 Å². The van der Waals surface area contributed by atoms with Crippen molar-refractivity contribution in [2.45, 2.75) is 25.0 Å². The van der Waals surface area contributed by atoms with Crippen LogP contribution in [0.1, 0.15) is 13.3 Å².